The Labute approximate surface area is 141 Å². The molecule has 0 aromatic heterocycles. The van der Waals surface area contributed by atoms with E-state index in [1.165, 1.54) is 31.2 Å². The molecule has 0 saturated carbocycles. The van der Waals surface area contributed by atoms with Crippen molar-refractivity contribution in [2.24, 2.45) is 0 Å². The number of hydrogen-bond donors (Lipinski definition) is 2. The van der Waals surface area contributed by atoms with E-state index in [4.69, 9.17) is 10.5 Å². The number of nitrogens with two attached hydrogens (primary N) is 1. The number of rotatable bonds is 5. The molecular formula is C16H14FN3O5. The highest BCUT2D eigenvalue weighted by Gasteiger charge is 2.23. The van der Waals surface area contributed by atoms with Gasteiger partial charge < -0.3 is 15.8 Å². The minimum atomic E-state index is -1.27. The van der Waals surface area contributed by atoms with Gasteiger partial charge in [0.15, 0.2) is 6.10 Å². The van der Waals surface area contributed by atoms with Crippen LogP contribution in [0.4, 0.5) is 21.5 Å². The first-order valence-electron chi connectivity index (χ1n) is 7.10. The van der Waals surface area contributed by atoms with Gasteiger partial charge in [0.1, 0.15) is 5.82 Å². The van der Waals surface area contributed by atoms with Crippen molar-refractivity contribution in [2.45, 2.75) is 13.0 Å². The van der Waals surface area contributed by atoms with Gasteiger partial charge in [-0.3, -0.25) is 14.9 Å². The largest absolute Gasteiger partial charge is 0.449 e. The fraction of sp³-hybridized carbons (Fsp3) is 0.125. The lowest BCUT2D eigenvalue weighted by molar-refractivity contribution is -0.384. The topological polar surface area (TPSA) is 125 Å². The van der Waals surface area contributed by atoms with E-state index in [0.29, 0.717) is 0 Å². The van der Waals surface area contributed by atoms with Crippen LogP contribution in [-0.2, 0) is 9.53 Å². The van der Waals surface area contributed by atoms with Crippen LogP contribution in [0.3, 0.4) is 0 Å². The van der Waals surface area contributed by atoms with Crippen LogP contribution >= 0.6 is 0 Å². The van der Waals surface area contributed by atoms with Gasteiger partial charge in [0.05, 0.1) is 16.2 Å². The normalized spacial score (nSPS) is 11.4. The average Bonchev–Trinajstić information content (AvgIpc) is 2.56. The monoisotopic (exact) mass is 347 g/mol. The molecule has 2 rings (SSSR count). The average molecular weight is 347 g/mol. The van der Waals surface area contributed by atoms with Gasteiger partial charge in [-0.1, -0.05) is 12.1 Å². The molecule has 1 amide bonds. The number of nitrogens with zero attached hydrogens (tertiary/aromatic N) is 1. The molecule has 9 heteroatoms. The minimum absolute atomic E-state index is 0.0303. The molecule has 130 valence electrons. The Bertz CT molecular complexity index is 840. The number of nitrogen functional groups attached to an aromatic ring is 1. The molecule has 2 aromatic rings. The van der Waals surface area contributed by atoms with E-state index in [-0.39, 0.29) is 22.6 Å². The smallest absolute Gasteiger partial charge is 0.341 e. The summed E-state index contributed by atoms with van der Waals surface area (Å²) in [6, 6.07) is 8.79. The summed E-state index contributed by atoms with van der Waals surface area (Å²) in [5.74, 6) is -2.41. The first-order chi connectivity index (χ1) is 11.8. The number of nitro groups is 1. The lowest BCUT2D eigenvalue weighted by atomic mass is 10.1. The fourth-order valence-corrected chi connectivity index (χ4v) is 1.91. The van der Waals surface area contributed by atoms with Gasteiger partial charge >= 0.3 is 5.97 Å². The third kappa shape index (κ3) is 4.28. The van der Waals surface area contributed by atoms with Crippen LogP contribution in [0.15, 0.2) is 42.5 Å². The summed E-state index contributed by atoms with van der Waals surface area (Å²) in [4.78, 5) is 34.2. The number of esters is 1. The highest BCUT2D eigenvalue weighted by atomic mass is 19.1. The number of carbonyl (C=O) groups excluding carboxylic acids is 2. The quantitative estimate of drug-likeness (QED) is 0.370. The fourth-order valence-electron chi connectivity index (χ4n) is 1.91. The third-order valence-electron chi connectivity index (χ3n) is 3.25. The Morgan fingerprint density at radius 3 is 2.60 bits per heavy atom. The Kier molecular flexibility index (Phi) is 5.28. The molecule has 0 bridgehead atoms. The molecule has 1 atom stereocenters. The van der Waals surface area contributed by atoms with E-state index >= 15 is 0 Å². The summed E-state index contributed by atoms with van der Waals surface area (Å²) in [6.07, 6.45) is -1.27. The van der Waals surface area contributed by atoms with Crippen molar-refractivity contribution >= 4 is 28.9 Å². The summed E-state index contributed by atoms with van der Waals surface area (Å²) >= 11 is 0. The van der Waals surface area contributed by atoms with Crippen molar-refractivity contribution in [2.75, 3.05) is 11.1 Å². The van der Waals surface area contributed by atoms with Crippen molar-refractivity contribution in [3.8, 4) is 0 Å². The maximum absolute atomic E-state index is 13.5. The van der Waals surface area contributed by atoms with E-state index in [9.17, 15) is 24.1 Å². The zero-order valence-electron chi connectivity index (χ0n) is 13.1. The van der Waals surface area contributed by atoms with Crippen LogP contribution in [-0.4, -0.2) is 22.9 Å². The predicted octanol–water partition coefficient (Wildman–Crippen LogP) is 2.50. The molecule has 0 aliphatic carbocycles. The number of nitro benzene ring substituents is 1. The summed E-state index contributed by atoms with van der Waals surface area (Å²) < 4.78 is 18.5. The van der Waals surface area contributed by atoms with Crippen LogP contribution in [0.1, 0.15) is 17.3 Å². The van der Waals surface area contributed by atoms with Crippen molar-refractivity contribution in [3.05, 3.63) is 64.0 Å². The van der Waals surface area contributed by atoms with E-state index in [1.54, 1.807) is 0 Å². The standard InChI is InChI=1S/C16H14FN3O5/c1-9(15(21)19-14-5-3-2-4-12(14)17)25-16(22)11-8-10(20(23)24)6-7-13(11)18/h2-9H,18H2,1H3,(H,19,21). The molecule has 1 unspecified atom stereocenters. The number of anilines is 2. The van der Waals surface area contributed by atoms with E-state index in [2.05, 4.69) is 5.32 Å². The second-order valence-corrected chi connectivity index (χ2v) is 5.05. The first-order valence-corrected chi connectivity index (χ1v) is 7.10. The minimum Gasteiger partial charge on any atom is -0.449 e. The molecule has 0 spiro atoms. The number of benzene rings is 2. The molecule has 0 heterocycles. The Morgan fingerprint density at radius 2 is 1.96 bits per heavy atom. The molecule has 2 aromatic carbocycles. The van der Waals surface area contributed by atoms with Gasteiger partial charge in [-0.25, -0.2) is 9.18 Å². The number of amides is 1. The molecular weight excluding hydrogens is 333 g/mol. The molecule has 0 saturated heterocycles. The number of carbonyl (C=O) groups is 2. The van der Waals surface area contributed by atoms with Crippen LogP contribution in [0.5, 0.6) is 0 Å². The molecule has 8 nitrogen and oxygen atoms in total. The summed E-state index contributed by atoms with van der Waals surface area (Å²) in [5, 5.41) is 13.0. The van der Waals surface area contributed by atoms with Crippen molar-refractivity contribution in [1.82, 2.24) is 0 Å². The number of halogens is 1. The van der Waals surface area contributed by atoms with Crippen molar-refractivity contribution < 1.29 is 23.6 Å². The zero-order chi connectivity index (χ0) is 18.6. The highest BCUT2D eigenvalue weighted by molar-refractivity contribution is 5.99. The second-order valence-electron chi connectivity index (χ2n) is 5.05. The number of para-hydroxylation sites is 1. The summed E-state index contributed by atoms with van der Waals surface area (Å²) in [7, 11) is 0. The highest BCUT2D eigenvalue weighted by Crippen LogP contribution is 2.21. The van der Waals surface area contributed by atoms with Crippen LogP contribution in [0.25, 0.3) is 0 Å². The van der Waals surface area contributed by atoms with Crippen LogP contribution in [0.2, 0.25) is 0 Å². The maximum atomic E-state index is 13.5. The van der Waals surface area contributed by atoms with Gasteiger partial charge in [-0.15, -0.1) is 0 Å². The molecule has 0 radical (unpaired) electrons. The predicted molar refractivity (Wildman–Crippen MR) is 87.4 cm³/mol. The van der Waals surface area contributed by atoms with E-state index in [0.717, 1.165) is 18.2 Å². The number of non-ortho nitro benzene ring substituents is 1. The lowest BCUT2D eigenvalue weighted by Crippen LogP contribution is -2.30. The Morgan fingerprint density at radius 1 is 1.28 bits per heavy atom. The van der Waals surface area contributed by atoms with Gasteiger partial charge in [0.25, 0.3) is 11.6 Å². The molecule has 25 heavy (non-hydrogen) atoms. The van der Waals surface area contributed by atoms with Crippen LogP contribution < -0.4 is 11.1 Å². The van der Waals surface area contributed by atoms with Gasteiger partial charge in [0, 0.05) is 17.8 Å². The summed E-state index contributed by atoms with van der Waals surface area (Å²) in [5.41, 5.74) is 4.94. The van der Waals surface area contributed by atoms with Crippen LogP contribution in [0, 0.1) is 15.9 Å². The van der Waals surface area contributed by atoms with Gasteiger partial charge in [0.2, 0.25) is 0 Å². The summed E-state index contributed by atoms with van der Waals surface area (Å²) in [6.45, 7) is 1.28. The molecule has 3 N–H and O–H groups in total. The first kappa shape index (κ1) is 17.9. The number of ether oxygens (including phenoxy) is 1. The molecule has 0 aliphatic rings. The lowest BCUT2D eigenvalue weighted by Gasteiger charge is -2.14. The number of hydrogen-bond acceptors (Lipinski definition) is 6. The Balaban J connectivity index is 2.09. The van der Waals surface area contributed by atoms with E-state index < -0.39 is 28.7 Å². The van der Waals surface area contributed by atoms with Gasteiger partial charge in [-0.05, 0) is 25.1 Å². The van der Waals surface area contributed by atoms with Crippen molar-refractivity contribution in [3.63, 3.8) is 0 Å². The second kappa shape index (κ2) is 7.39. The Hall–Kier alpha value is -3.49. The zero-order valence-corrected chi connectivity index (χ0v) is 13.1. The third-order valence-corrected chi connectivity index (χ3v) is 3.25. The van der Waals surface area contributed by atoms with Crippen molar-refractivity contribution in [1.29, 1.82) is 0 Å². The molecule has 0 aliphatic heterocycles. The number of nitrogens with one attached hydrogen (secondary N) is 1. The van der Waals surface area contributed by atoms with E-state index in [1.807, 2.05) is 0 Å². The SMILES string of the molecule is CC(OC(=O)c1cc([N+](=O)[O-])ccc1N)C(=O)Nc1ccccc1F. The molecule has 0 fully saturated rings. The maximum Gasteiger partial charge on any atom is 0.341 e. The van der Waals surface area contributed by atoms with Gasteiger partial charge in [-0.2, -0.15) is 0 Å².